The molecule has 0 spiro atoms. The Kier molecular flexibility index (Phi) is 7.02. The smallest absolute Gasteiger partial charge is 0.248 e. The maximum Gasteiger partial charge on any atom is 0.248 e. The van der Waals surface area contributed by atoms with Crippen LogP contribution in [0.5, 0.6) is 5.75 Å². The van der Waals surface area contributed by atoms with Crippen LogP contribution >= 0.6 is 0 Å². The summed E-state index contributed by atoms with van der Waals surface area (Å²) in [4.78, 5) is 13.9. The van der Waals surface area contributed by atoms with Crippen LogP contribution in [0.15, 0.2) is 48.5 Å². The molecule has 2 aromatic rings. The van der Waals surface area contributed by atoms with Crippen LogP contribution in [0.1, 0.15) is 5.56 Å². The van der Waals surface area contributed by atoms with Crippen LogP contribution in [0.4, 0.5) is 17.1 Å². The summed E-state index contributed by atoms with van der Waals surface area (Å²) in [6, 6.07) is 11.7. The molecule has 1 amide bonds. The van der Waals surface area contributed by atoms with E-state index in [-0.39, 0.29) is 24.9 Å². The lowest BCUT2D eigenvalue weighted by Gasteiger charge is -2.23. The molecule has 0 bridgehead atoms. The van der Waals surface area contributed by atoms with Gasteiger partial charge in [-0.1, -0.05) is 0 Å². The Morgan fingerprint density at radius 2 is 1.73 bits per heavy atom. The van der Waals surface area contributed by atoms with Crippen molar-refractivity contribution >= 4 is 29.0 Å². The number of nitrogens with one attached hydrogen (secondary N) is 1. The molecule has 0 aliphatic carbocycles. The molecule has 7 heteroatoms. The van der Waals surface area contributed by atoms with Crippen molar-refractivity contribution in [1.82, 2.24) is 0 Å². The van der Waals surface area contributed by atoms with Gasteiger partial charge in [-0.2, -0.15) is 0 Å². The lowest BCUT2D eigenvalue weighted by molar-refractivity contribution is -0.111. The Bertz CT molecular complexity index is 754. The summed E-state index contributed by atoms with van der Waals surface area (Å²) in [5, 5.41) is 30.6. The lowest BCUT2D eigenvalue weighted by atomic mass is 10.1. The van der Waals surface area contributed by atoms with Crippen molar-refractivity contribution in [3.8, 4) is 5.75 Å². The van der Waals surface area contributed by atoms with Gasteiger partial charge in [0.05, 0.1) is 13.2 Å². The van der Waals surface area contributed by atoms with Crippen LogP contribution in [0, 0.1) is 0 Å². The molecule has 6 N–H and O–H groups in total. The van der Waals surface area contributed by atoms with Crippen LogP contribution in [-0.4, -0.2) is 47.5 Å². The number of aromatic hydroxyl groups is 1. The Labute approximate surface area is 152 Å². The van der Waals surface area contributed by atoms with Crippen molar-refractivity contribution in [2.45, 2.75) is 0 Å². The molecule has 0 aromatic heterocycles. The predicted octanol–water partition coefficient (Wildman–Crippen LogP) is 1.42. The number of aliphatic hydroxyl groups excluding tert-OH is 2. The Morgan fingerprint density at radius 3 is 2.35 bits per heavy atom. The number of benzene rings is 2. The molecule has 26 heavy (non-hydrogen) atoms. The molecule has 0 saturated heterocycles. The van der Waals surface area contributed by atoms with Gasteiger partial charge in [0, 0.05) is 41.8 Å². The summed E-state index contributed by atoms with van der Waals surface area (Å²) in [5.74, 6) is -0.303. The van der Waals surface area contributed by atoms with Crippen LogP contribution in [0.3, 0.4) is 0 Å². The van der Waals surface area contributed by atoms with E-state index in [1.807, 2.05) is 4.90 Å². The molecule has 2 rings (SSSR count). The van der Waals surface area contributed by atoms with E-state index < -0.39 is 0 Å². The number of carbonyl (C=O) groups is 1. The number of aliphatic hydroxyl groups is 2. The van der Waals surface area contributed by atoms with Crippen molar-refractivity contribution in [3.63, 3.8) is 0 Å². The molecular formula is C19H23N3O4. The summed E-state index contributed by atoms with van der Waals surface area (Å²) < 4.78 is 0. The highest BCUT2D eigenvalue weighted by Gasteiger charge is 2.06. The van der Waals surface area contributed by atoms with E-state index in [1.54, 1.807) is 36.4 Å². The van der Waals surface area contributed by atoms with Crippen molar-refractivity contribution < 1.29 is 20.1 Å². The number of phenolic OH excluding ortho intramolecular Hbond substituents is 1. The van der Waals surface area contributed by atoms with Gasteiger partial charge in [0.15, 0.2) is 0 Å². The average molecular weight is 357 g/mol. The predicted molar refractivity (Wildman–Crippen MR) is 103 cm³/mol. The zero-order valence-corrected chi connectivity index (χ0v) is 14.3. The van der Waals surface area contributed by atoms with Gasteiger partial charge in [0.2, 0.25) is 5.91 Å². The standard InChI is InChI=1S/C19H23N3O4/c20-15-2-7-18(25)14(13-15)1-8-19(26)21-16-3-5-17(6-4-16)22(9-11-23)10-12-24/h1-8,13,23-25H,9-12,20H2,(H,21,26)/b8-1+. The van der Waals surface area contributed by atoms with Gasteiger partial charge < -0.3 is 31.3 Å². The molecule has 0 radical (unpaired) electrons. The van der Waals surface area contributed by atoms with Gasteiger partial charge in [-0.15, -0.1) is 0 Å². The zero-order chi connectivity index (χ0) is 18.9. The van der Waals surface area contributed by atoms with E-state index in [4.69, 9.17) is 15.9 Å². The van der Waals surface area contributed by atoms with E-state index in [1.165, 1.54) is 18.2 Å². The monoisotopic (exact) mass is 357 g/mol. The largest absolute Gasteiger partial charge is 0.507 e. The third-order valence-corrected chi connectivity index (χ3v) is 3.71. The minimum Gasteiger partial charge on any atom is -0.507 e. The quantitative estimate of drug-likeness (QED) is 0.277. The molecule has 0 heterocycles. The maximum atomic E-state index is 12.0. The zero-order valence-electron chi connectivity index (χ0n) is 14.3. The van der Waals surface area contributed by atoms with Crippen molar-refractivity contribution in [1.29, 1.82) is 0 Å². The van der Waals surface area contributed by atoms with E-state index in [9.17, 15) is 9.90 Å². The fourth-order valence-electron chi connectivity index (χ4n) is 2.42. The highest BCUT2D eigenvalue weighted by molar-refractivity contribution is 6.02. The average Bonchev–Trinajstić information content (AvgIpc) is 2.63. The fourth-order valence-corrected chi connectivity index (χ4v) is 2.42. The Morgan fingerprint density at radius 1 is 1.08 bits per heavy atom. The van der Waals surface area contributed by atoms with Crippen LogP contribution in [0.2, 0.25) is 0 Å². The number of hydrogen-bond donors (Lipinski definition) is 5. The first-order valence-corrected chi connectivity index (χ1v) is 8.18. The van der Waals surface area contributed by atoms with Crippen LogP contribution < -0.4 is 16.0 Å². The number of anilines is 3. The summed E-state index contributed by atoms with van der Waals surface area (Å²) in [6.45, 7) is 0.803. The van der Waals surface area contributed by atoms with Gasteiger partial charge in [0.25, 0.3) is 0 Å². The number of amides is 1. The van der Waals surface area contributed by atoms with E-state index in [0.29, 0.717) is 30.0 Å². The van der Waals surface area contributed by atoms with Crippen LogP contribution in [0.25, 0.3) is 6.08 Å². The minimum atomic E-state index is -0.345. The van der Waals surface area contributed by atoms with E-state index in [0.717, 1.165) is 5.69 Å². The van der Waals surface area contributed by atoms with Crippen molar-refractivity contribution in [2.75, 3.05) is 42.3 Å². The first kappa shape index (κ1) is 19.3. The summed E-state index contributed by atoms with van der Waals surface area (Å²) in [7, 11) is 0. The lowest BCUT2D eigenvalue weighted by Crippen LogP contribution is -2.29. The third-order valence-electron chi connectivity index (χ3n) is 3.71. The van der Waals surface area contributed by atoms with Crippen molar-refractivity contribution in [3.05, 3.63) is 54.1 Å². The van der Waals surface area contributed by atoms with Gasteiger partial charge in [-0.25, -0.2) is 0 Å². The highest BCUT2D eigenvalue weighted by atomic mass is 16.3. The minimum absolute atomic E-state index is 0.0138. The molecule has 138 valence electrons. The molecule has 7 nitrogen and oxygen atoms in total. The van der Waals surface area contributed by atoms with Gasteiger partial charge in [0.1, 0.15) is 5.75 Å². The van der Waals surface area contributed by atoms with E-state index in [2.05, 4.69) is 5.32 Å². The van der Waals surface area contributed by atoms with Gasteiger partial charge in [-0.3, -0.25) is 4.79 Å². The molecule has 0 saturated carbocycles. The molecule has 0 fully saturated rings. The fraction of sp³-hybridized carbons (Fsp3) is 0.211. The summed E-state index contributed by atoms with van der Waals surface area (Å²) >= 11 is 0. The number of nitrogens with zero attached hydrogens (tertiary/aromatic N) is 1. The number of rotatable bonds is 8. The number of hydrogen-bond acceptors (Lipinski definition) is 6. The summed E-state index contributed by atoms with van der Waals surface area (Å²) in [6.07, 6.45) is 2.80. The molecular weight excluding hydrogens is 334 g/mol. The second-order valence-corrected chi connectivity index (χ2v) is 5.62. The normalized spacial score (nSPS) is 10.8. The number of nitrogen functional groups attached to an aromatic ring is 1. The number of nitrogens with two attached hydrogens (primary N) is 1. The first-order valence-electron chi connectivity index (χ1n) is 8.18. The number of carbonyl (C=O) groups excluding carboxylic acids is 1. The topological polar surface area (TPSA) is 119 Å². The third kappa shape index (κ3) is 5.51. The second kappa shape index (κ2) is 9.45. The molecule has 0 atom stereocenters. The Balaban J connectivity index is 2.00. The summed E-state index contributed by atoms with van der Waals surface area (Å²) in [5.41, 5.74) is 8.05. The molecule has 0 aliphatic heterocycles. The van der Waals surface area contributed by atoms with Gasteiger partial charge >= 0.3 is 0 Å². The maximum absolute atomic E-state index is 12.0. The van der Waals surface area contributed by atoms with Crippen LogP contribution in [-0.2, 0) is 4.79 Å². The van der Waals surface area contributed by atoms with E-state index >= 15 is 0 Å². The SMILES string of the molecule is Nc1ccc(O)c(/C=C/C(=O)Nc2ccc(N(CCO)CCO)cc2)c1. The molecule has 0 aliphatic rings. The first-order chi connectivity index (χ1) is 12.5. The van der Waals surface area contributed by atoms with Crippen molar-refractivity contribution in [2.24, 2.45) is 0 Å². The molecule has 0 unspecified atom stereocenters. The Hall–Kier alpha value is -3.03. The van der Waals surface area contributed by atoms with Gasteiger partial charge in [-0.05, 0) is 48.5 Å². The number of phenols is 1. The second-order valence-electron chi connectivity index (χ2n) is 5.62. The highest BCUT2D eigenvalue weighted by Crippen LogP contribution is 2.21. The molecule has 2 aromatic carbocycles.